The maximum absolute atomic E-state index is 11.2. The number of nitrogens with one attached hydrogen (secondary N) is 1. The van der Waals surface area contributed by atoms with Crippen molar-refractivity contribution in [2.24, 2.45) is 5.92 Å². The van der Waals surface area contributed by atoms with Gasteiger partial charge in [0, 0.05) is 0 Å². The molecule has 12 heavy (non-hydrogen) atoms. The minimum Gasteiger partial charge on any atom is -0.324 e. The van der Waals surface area contributed by atoms with E-state index >= 15 is 0 Å². The molecule has 0 aliphatic carbocycles. The summed E-state index contributed by atoms with van der Waals surface area (Å²) in [6.07, 6.45) is 1.09. The summed E-state index contributed by atoms with van der Waals surface area (Å²) in [4.78, 5) is 9.20. The molecule has 0 bridgehead atoms. The van der Waals surface area contributed by atoms with E-state index in [1.807, 2.05) is 0 Å². The summed E-state index contributed by atoms with van der Waals surface area (Å²) < 4.78 is 15.9. The monoisotopic (exact) mass is 193 g/mol. The zero-order chi connectivity index (χ0) is 9.03. The molecule has 0 spiro atoms. The van der Waals surface area contributed by atoms with Gasteiger partial charge in [-0.1, -0.05) is 0 Å². The molecule has 1 heterocycles. The molecular formula is C7H16NO3P. The third kappa shape index (κ3) is 3.23. The van der Waals surface area contributed by atoms with E-state index in [0.717, 1.165) is 19.5 Å². The summed E-state index contributed by atoms with van der Waals surface area (Å²) in [5, 5.41) is 3.12. The smallest absolute Gasteiger partial charge is 0.324 e. The first kappa shape index (κ1) is 10.2. The van der Waals surface area contributed by atoms with Crippen LogP contribution in [-0.4, -0.2) is 30.8 Å². The van der Waals surface area contributed by atoms with Crippen LogP contribution < -0.4 is 5.32 Å². The maximum Gasteiger partial charge on any atom is 0.328 e. The second-order valence-corrected chi connectivity index (χ2v) is 5.07. The van der Waals surface area contributed by atoms with E-state index in [9.17, 15) is 9.46 Å². The molecule has 4 nitrogen and oxygen atoms in total. The number of hydrogen-bond acceptors (Lipinski definition) is 3. The van der Waals surface area contributed by atoms with Crippen molar-refractivity contribution in [1.29, 1.82) is 0 Å². The van der Waals surface area contributed by atoms with Crippen LogP contribution in [0.5, 0.6) is 0 Å². The number of hydrogen-bond donors (Lipinski definition) is 2. The Kier molecular flexibility index (Phi) is 3.72. The average Bonchev–Trinajstić information content (AvgIpc) is 1.82. The molecule has 0 aromatic rings. The topological polar surface area (TPSA) is 58.6 Å². The van der Waals surface area contributed by atoms with Gasteiger partial charge < -0.3 is 14.7 Å². The summed E-state index contributed by atoms with van der Waals surface area (Å²) in [5.41, 5.74) is 0. The highest BCUT2D eigenvalue weighted by atomic mass is 31.2. The largest absolute Gasteiger partial charge is 0.328 e. The van der Waals surface area contributed by atoms with Crippen molar-refractivity contribution in [1.82, 2.24) is 5.32 Å². The highest BCUT2D eigenvalue weighted by Crippen LogP contribution is 2.43. The summed E-state index contributed by atoms with van der Waals surface area (Å²) in [6, 6.07) is 0. The van der Waals surface area contributed by atoms with Gasteiger partial charge in [-0.2, -0.15) is 0 Å². The van der Waals surface area contributed by atoms with Crippen LogP contribution in [0.15, 0.2) is 0 Å². The highest BCUT2D eigenvalue weighted by Gasteiger charge is 2.23. The normalized spacial score (nSPS) is 23.2. The van der Waals surface area contributed by atoms with Crippen molar-refractivity contribution in [3.05, 3.63) is 0 Å². The van der Waals surface area contributed by atoms with Gasteiger partial charge in [0.25, 0.3) is 0 Å². The summed E-state index contributed by atoms with van der Waals surface area (Å²) >= 11 is 0. The molecule has 0 saturated carbocycles. The molecule has 1 aliphatic heterocycles. The minimum absolute atomic E-state index is 0.299. The average molecular weight is 193 g/mol. The van der Waals surface area contributed by atoms with E-state index in [1.165, 1.54) is 0 Å². The molecule has 1 rings (SSSR count). The molecule has 0 aromatic carbocycles. The van der Waals surface area contributed by atoms with Gasteiger partial charge in [-0.25, -0.2) is 0 Å². The van der Waals surface area contributed by atoms with Crippen LogP contribution in [0.3, 0.4) is 0 Å². The Morgan fingerprint density at radius 3 is 2.75 bits per heavy atom. The molecule has 0 amide bonds. The van der Waals surface area contributed by atoms with Gasteiger partial charge in [0.15, 0.2) is 0 Å². The van der Waals surface area contributed by atoms with E-state index < -0.39 is 7.60 Å². The van der Waals surface area contributed by atoms with Crippen molar-refractivity contribution >= 4 is 7.60 Å². The summed E-state index contributed by atoms with van der Waals surface area (Å²) in [6.45, 7) is 4.00. The van der Waals surface area contributed by atoms with E-state index in [0.29, 0.717) is 18.7 Å². The fraction of sp³-hybridized carbons (Fsp3) is 1.00. The lowest BCUT2D eigenvalue weighted by molar-refractivity contribution is 0.265. The SMILES string of the molecule is CCOP(=O)(O)CCC1CNC1. The van der Waals surface area contributed by atoms with Gasteiger partial charge in [0.1, 0.15) is 0 Å². The third-order valence-corrected chi connectivity index (χ3v) is 3.50. The van der Waals surface area contributed by atoms with Crippen LogP contribution in [0.2, 0.25) is 0 Å². The predicted octanol–water partition coefficient (Wildman–Crippen LogP) is 0.818. The molecule has 5 heteroatoms. The van der Waals surface area contributed by atoms with Crippen molar-refractivity contribution < 1.29 is 14.0 Å². The minimum atomic E-state index is -3.25. The fourth-order valence-electron chi connectivity index (χ4n) is 1.16. The quantitative estimate of drug-likeness (QED) is 0.634. The summed E-state index contributed by atoms with van der Waals surface area (Å²) in [5.74, 6) is 0.575. The van der Waals surface area contributed by atoms with Crippen LogP contribution in [0.25, 0.3) is 0 Å². The third-order valence-electron chi connectivity index (χ3n) is 2.02. The molecule has 1 atom stereocenters. The van der Waals surface area contributed by atoms with Gasteiger partial charge in [-0.3, -0.25) is 4.57 Å². The Bertz CT molecular complexity index is 181. The number of rotatable bonds is 5. The first-order valence-corrected chi connectivity index (χ1v) is 6.07. The van der Waals surface area contributed by atoms with E-state index in [4.69, 9.17) is 4.52 Å². The Morgan fingerprint density at radius 2 is 2.33 bits per heavy atom. The van der Waals surface area contributed by atoms with E-state index in [-0.39, 0.29) is 0 Å². The Morgan fingerprint density at radius 1 is 1.67 bits per heavy atom. The molecule has 1 aliphatic rings. The van der Waals surface area contributed by atoms with Crippen molar-refractivity contribution in [3.63, 3.8) is 0 Å². The summed E-state index contributed by atoms with van der Waals surface area (Å²) in [7, 11) is -3.25. The molecular weight excluding hydrogens is 177 g/mol. The van der Waals surface area contributed by atoms with Gasteiger partial charge in [-0.15, -0.1) is 0 Å². The van der Waals surface area contributed by atoms with Gasteiger partial charge >= 0.3 is 7.60 Å². The second-order valence-electron chi connectivity index (χ2n) is 3.09. The molecule has 0 aromatic heterocycles. The van der Waals surface area contributed by atoms with Crippen LogP contribution in [0, 0.1) is 5.92 Å². The van der Waals surface area contributed by atoms with Crippen LogP contribution in [0.1, 0.15) is 13.3 Å². The lowest BCUT2D eigenvalue weighted by atomic mass is 10.0. The van der Waals surface area contributed by atoms with E-state index in [2.05, 4.69) is 5.32 Å². The molecule has 72 valence electrons. The highest BCUT2D eigenvalue weighted by molar-refractivity contribution is 7.52. The molecule has 1 saturated heterocycles. The van der Waals surface area contributed by atoms with Crippen LogP contribution in [-0.2, 0) is 9.09 Å². The van der Waals surface area contributed by atoms with Crippen molar-refractivity contribution in [3.8, 4) is 0 Å². The lowest BCUT2D eigenvalue weighted by Crippen LogP contribution is -2.42. The molecule has 0 radical (unpaired) electrons. The maximum atomic E-state index is 11.2. The van der Waals surface area contributed by atoms with Crippen molar-refractivity contribution in [2.45, 2.75) is 13.3 Å². The fourth-order valence-corrected chi connectivity index (χ4v) is 2.39. The Labute approximate surface area is 72.8 Å². The van der Waals surface area contributed by atoms with Crippen molar-refractivity contribution in [2.75, 3.05) is 25.9 Å². The zero-order valence-electron chi connectivity index (χ0n) is 7.32. The van der Waals surface area contributed by atoms with Gasteiger partial charge in [0.2, 0.25) is 0 Å². The molecule has 2 N–H and O–H groups in total. The Hall–Kier alpha value is 0.110. The standard InChI is InChI=1S/C7H16NO3P/c1-2-11-12(9,10)4-3-7-5-8-6-7/h7-8H,2-6H2,1H3,(H,9,10). The lowest BCUT2D eigenvalue weighted by Gasteiger charge is -2.27. The zero-order valence-corrected chi connectivity index (χ0v) is 8.22. The van der Waals surface area contributed by atoms with Gasteiger partial charge in [0.05, 0.1) is 12.8 Å². The molecule has 1 unspecified atom stereocenters. The Balaban J connectivity index is 2.15. The van der Waals surface area contributed by atoms with Gasteiger partial charge in [-0.05, 0) is 32.4 Å². The molecule has 1 fully saturated rings. The first-order chi connectivity index (χ1) is 5.64. The first-order valence-electron chi connectivity index (χ1n) is 4.31. The van der Waals surface area contributed by atoms with Crippen LogP contribution in [0.4, 0.5) is 0 Å². The van der Waals surface area contributed by atoms with E-state index in [1.54, 1.807) is 6.92 Å². The predicted molar refractivity (Wildman–Crippen MR) is 47.3 cm³/mol. The van der Waals surface area contributed by atoms with Crippen LogP contribution >= 0.6 is 7.60 Å². The second kappa shape index (κ2) is 4.38.